The summed E-state index contributed by atoms with van der Waals surface area (Å²) < 4.78 is 5.31. The average Bonchev–Trinajstić information content (AvgIpc) is 4.00. The number of benzene rings is 10. The van der Waals surface area contributed by atoms with E-state index in [0.717, 1.165) is 17.1 Å². The fourth-order valence-corrected chi connectivity index (χ4v) is 13.1. The van der Waals surface area contributed by atoms with Crippen molar-refractivity contribution in [1.29, 1.82) is 0 Å². The average molecular weight is 852 g/mol. The summed E-state index contributed by atoms with van der Waals surface area (Å²) in [5, 5.41) is 7.86. The van der Waals surface area contributed by atoms with E-state index in [2.05, 4.69) is 231 Å². The standard InChI is InChI=1S/C61H41NS2/c1-61(2)52-24-11-8-17-45(52)46-36-35-43(37-53(46)61)62(41-31-27-38(28-32-41)44-22-14-23-49-47-18-9-12-25-54(47)63-59(44)49)42-33-29-40(30-34-42)57-56(39-15-4-3-5-16-39)48-19-6-7-20-50(48)60-58(57)51-21-10-13-26-55(51)64-60/h3-37H,1-2H3. The van der Waals surface area contributed by atoms with Crippen LogP contribution in [0.3, 0.4) is 0 Å². The molecule has 64 heavy (non-hydrogen) atoms. The summed E-state index contributed by atoms with van der Waals surface area (Å²) in [6, 6.07) is 79.0. The number of hydrogen-bond donors (Lipinski definition) is 0. The van der Waals surface area contributed by atoms with Crippen LogP contribution in [0.15, 0.2) is 212 Å². The van der Waals surface area contributed by atoms with E-state index in [1.165, 1.54) is 107 Å². The second kappa shape index (κ2) is 14.4. The molecule has 302 valence electrons. The lowest BCUT2D eigenvalue weighted by Gasteiger charge is -2.28. The van der Waals surface area contributed by atoms with Gasteiger partial charge in [-0.1, -0.05) is 178 Å². The lowest BCUT2D eigenvalue weighted by molar-refractivity contribution is 0.660. The first-order chi connectivity index (χ1) is 31.5. The molecule has 1 aliphatic carbocycles. The third-order valence-corrected chi connectivity index (χ3v) is 16.1. The highest BCUT2D eigenvalue weighted by Gasteiger charge is 2.36. The summed E-state index contributed by atoms with van der Waals surface area (Å²) in [4.78, 5) is 2.45. The Morgan fingerprint density at radius 2 is 0.859 bits per heavy atom. The molecule has 0 N–H and O–H groups in total. The molecule has 0 spiro atoms. The van der Waals surface area contributed by atoms with Crippen molar-refractivity contribution in [2.75, 3.05) is 4.90 Å². The highest BCUT2D eigenvalue weighted by molar-refractivity contribution is 7.27. The van der Waals surface area contributed by atoms with Gasteiger partial charge in [-0.25, -0.2) is 0 Å². The van der Waals surface area contributed by atoms with Crippen LogP contribution in [0.5, 0.6) is 0 Å². The number of thiophene rings is 2. The van der Waals surface area contributed by atoms with Crippen LogP contribution < -0.4 is 4.90 Å². The van der Waals surface area contributed by atoms with Crippen molar-refractivity contribution in [2.24, 2.45) is 0 Å². The van der Waals surface area contributed by atoms with E-state index in [4.69, 9.17) is 0 Å². The molecule has 0 unspecified atom stereocenters. The lowest BCUT2D eigenvalue weighted by atomic mass is 9.82. The molecular formula is C61H41NS2. The van der Waals surface area contributed by atoms with Crippen molar-refractivity contribution in [3.05, 3.63) is 223 Å². The van der Waals surface area contributed by atoms with Crippen LogP contribution in [0.4, 0.5) is 17.1 Å². The Labute approximate surface area is 380 Å². The molecule has 2 aromatic heterocycles. The van der Waals surface area contributed by atoms with Crippen LogP contribution >= 0.6 is 22.7 Å². The van der Waals surface area contributed by atoms with Gasteiger partial charge in [-0.3, -0.25) is 0 Å². The van der Waals surface area contributed by atoms with E-state index in [0.29, 0.717) is 0 Å². The fraction of sp³-hybridized carbons (Fsp3) is 0.0492. The van der Waals surface area contributed by atoms with Gasteiger partial charge in [-0.15, -0.1) is 22.7 Å². The molecule has 12 aromatic rings. The summed E-state index contributed by atoms with van der Waals surface area (Å²) in [6.45, 7) is 4.74. The number of hydrogen-bond acceptors (Lipinski definition) is 3. The zero-order valence-electron chi connectivity index (χ0n) is 35.5. The normalized spacial score (nSPS) is 13.0. The summed E-state index contributed by atoms with van der Waals surface area (Å²) in [5.41, 5.74) is 16.2. The van der Waals surface area contributed by atoms with Crippen LogP contribution in [0.1, 0.15) is 25.0 Å². The van der Waals surface area contributed by atoms with Gasteiger partial charge in [0.15, 0.2) is 0 Å². The van der Waals surface area contributed by atoms with Gasteiger partial charge in [0.05, 0.1) is 0 Å². The van der Waals surface area contributed by atoms with Gasteiger partial charge in [-0.2, -0.15) is 0 Å². The second-order valence-electron chi connectivity index (χ2n) is 17.6. The van der Waals surface area contributed by atoms with Crippen molar-refractivity contribution in [3.63, 3.8) is 0 Å². The first-order valence-corrected chi connectivity index (χ1v) is 23.7. The van der Waals surface area contributed by atoms with Gasteiger partial charge < -0.3 is 4.90 Å². The SMILES string of the molecule is CC1(C)c2ccccc2-c2ccc(N(c3ccc(-c4cccc5c4sc4ccccc45)cc3)c3ccc(-c4c(-c5ccccc5)c5ccccc5c5sc6ccccc6c45)cc3)cc21. The minimum Gasteiger partial charge on any atom is -0.310 e. The number of rotatable bonds is 6. The van der Waals surface area contributed by atoms with Gasteiger partial charge in [0.1, 0.15) is 0 Å². The van der Waals surface area contributed by atoms with Crippen LogP contribution in [-0.2, 0) is 5.41 Å². The van der Waals surface area contributed by atoms with Gasteiger partial charge in [-0.05, 0) is 110 Å². The van der Waals surface area contributed by atoms with E-state index < -0.39 is 0 Å². The molecule has 3 heteroatoms. The summed E-state index contributed by atoms with van der Waals surface area (Å²) in [6.07, 6.45) is 0. The molecule has 13 rings (SSSR count). The van der Waals surface area contributed by atoms with E-state index in [1.807, 2.05) is 22.7 Å². The zero-order valence-corrected chi connectivity index (χ0v) is 37.1. The van der Waals surface area contributed by atoms with Crippen LogP contribution in [0, 0.1) is 0 Å². The predicted molar refractivity (Wildman–Crippen MR) is 278 cm³/mol. The Bertz CT molecular complexity index is 3800. The number of nitrogens with zero attached hydrogens (tertiary/aromatic N) is 1. The van der Waals surface area contributed by atoms with Crippen molar-refractivity contribution >= 4 is 90.9 Å². The maximum absolute atomic E-state index is 2.45. The minimum atomic E-state index is -0.122. The first-order valence-electron chi connectivity index (χ1n) is 22.1. The summed E-state index contributed by atoms with van der Waals surface area (Å²) in [5.74, 6) is 0. The third kappa shape index (κ3) is 5.61. The maximum Gasteiger partial charge on any atom is 0.0465 e. The van der Waals surface area contributed by atoms with Crippen molar-refractivity contribution in [3.8, 4) is 44.5 Å². The van der Waals surface area contributed by atoms with Gasteiger partial charge in [0.2, 0.25) is 0 Å². The smallest absolute Gasteiger partial charge is 0.0465 e. The molecule has 0 atom stereocenters. The molecule has 2 heterocycles. The minimum absolute atomic E-state index is 0.122. The Hall–Kier alpha value is -7.30. The fourth-order valence-electron chi connectivity index (χ4n) is 10.7. The van der Waals surface area contributed by atoms with Crippen molar-refractivity contribution < 1.29 is 0 Å². The zero-order chi connectivity index (χ0) is 42.5. The molecule has 10 aromatic carbocycles. The molecule has 0 radical (unpaired) electrons. The van der Waals surface area contributed by atoms with E-state index in [1.54, 1.807) is 0 Å². The Kier molecular flexibility index (Phi) is 8.37. The highest BCUT2D eigenvalue weighted by Crippen LogP contribution is 2.53. The van der Waals surface area contributed by atoms with E-state index in [-0.39, 0.29) is 5.41 Å². The van der Waals surface area contributed by atoms with Crippen LogP contribution in [-0.4, -0.2) is 0 Å². The predicted octanol–water partition coefficient (Wildman–Crippen LogP) is 18.4. The first kappa shape index (κ1) is 37.3. The molecule has 0 saturated carbocycles. The van der Waals surface area contributed by atoms with E-state index in [9.17, 15) is 0 Å². The molecule has 0 fully saturated rings. The molecule has 0 aliphatic heterocycles. The molecule has 1 nitrogen and oxygen atoms in total. The quantitative estimate of drug-likeness (QED) is 0.161. The summed E-state index contributed by atoms with van der Waals surface area (Å²) in [7, 11) is 0. The highest BCUT2D eigenvalue weighted by atomic mass is 32.1. The van der Waals surface area contributed by atoms with Crippen LogP contribution in [0.2, 0.25) is 0 Å². The summed E-state index contributed by atoms with van der Waals surface area (Å²) >= 11 is 3.79. The van der Waals surface area contributed by atoms with Crippen molar-refractivity contribution in [1.82, 2.24) is 0 Å². The molecular weight excluding hydrogens is 811 g/mol. The Balaban J connectivity index is 0.997. The molecule has 0 saturated heterocycles. The number of fused-ring (bicyclic) bond motifs is 11. The lowest BCUT2D eigenvalue weighted by Crippen LogP contribution is -2.16. The van der Waals surface area contributed by atoms with Gasteiger partial charge in [0.25, 0.3) is 0 Å². The van der Waals surface area contributed by atoms with Gasteiger partial charge in [0, 0.05) is 68.2 Å². The third-order valence-electron chi connectivity index (χ3n) is 13.7. The van der Waals surface area contributed by atoms with Gasteiger partial charge >= 0.3 is 0 Å². The monoisotopic (exact) mass is 851 g/mol. The van der Waals surface area contributed by atoms with Crippen molar-refractivity contribution in [2.45, 2.75) is 19.3 Å². The largest absolute Gasteiger partial charge is 0.310 e. The number of anilines is 3. The Morgan fingerprint density at radius 3 is 1.62 bits per heavy atom. The maximum atomic E-state index is 2.45. The molecule has 0 amide bonds. The van der Waals surface area contributed by atoms with Crippen LogP contribution in [0.25, 0.3) is 95.6 Å². The molecule has 1 aliphatic rings. The molecule has 0 bridgehead atoms. The Morgan fingerprint density at radius 1 is 0.344 bits per heavy atom. The topological polar surface area (TPSA) is 3.24 Å². The van der Waals surface area contributed by atoms with E-state index >= 15 is 0 Å². The second-order valence-corrected chi connectivity index (χ2v) is 19.7.